The van der Waals surface area contributed by atoms with Gasteiger partial charge in [-0.05, 0) is 103 Å². The molecule has 2 aromatic rings. The molecule has 5 rings (SSSR count). The monoisotopic (exact) mass is 573 g/mol. The van der Waals surface area contributed by atoms with Crippen molar-refractivity contribution in [3.63, 3.8) is 0 Å². The summed E-state index contributed by atoms with van der Waals surface area (Å²) in [6, 6.07) is 7.24. The number of carboxylic acids is 1. The number of allylic oxidation sites excluding steroid dienone is 4. The Labute approximate surface area is 245 Å². The molecular formula is C35H43NO4S. The highest BCUT2D eigenvalue weighted by Crippen LogP contribution is 2.43. The standard InChI is InChI=1S/C35H43NO4S/c1-22-11-14-28(15-12-22)36-21-31(27-9-7-6-8-10-27)23(2)17-18-41(39,40)33-20-30(25(4)19-32(33)36)34-24(3)13-16-29(26(34)5)35(37)38/h11,13-20,22-23,27,31H,6-10,12,21H2,1-5H3,(H,37,38)/b18-17+. The Kier molecular flexibility index (Phi) is 8.34. The molecule has 0 bridgehead atoms. The quantitative estimate of drug-likeness (QED) is 0.398. The zero-order valence-corrected chi connectivity index (χ0v) is 25.8. The molecule has 2 aromatic carbocycles. The topological polar surface area (TPSA) is 74.7 Å². The van der Waals surface area contributed by atoms with Crippen LogP contribution in [0, 0.1) is 44.4 Å². The lowest BCUT2D eigenvalue weighted by molar-refractivity contribution is 0.0696. The molecule has 1 aliphatic heterocycles. The Morgan fingerprint density at radius 2 is 1.71 bits per heavy atom. The Hall–Kier alpha value is -3.12. The molecular weight excluding hydrogens is 530 g/mol. The number of hydrogen-bond acceptors (Lipinski definition) is 4. The van der Waals surface area contributed by atoms with E-state index in [0.29, 0.717) is 29.0 Å². The summed E-state index contributed by atoms with van der Waals surface area (Å²) in [6.45, 7) is 10.9. The normalized spacial score (nSPS) is 25.4. The number of benzene rings is 2. The molecule has 1 N–H and O–H groups in total. The molecule has 1 fully saturated rings. The van der Waals surface area contributed by atoms with Crippen LogP contribution in [0.5, 0.6) is 0 Å². The number of carbonyl (C=O) groups is 1. The van der Waals surface area contributed by atoms with Gasteiger partial charge in [0.05, 0.1) is 16.1 Å². The van der Waals surface area contributed by atoms with Crippen LogP contribution in [-0.4, -0.2) is 26.0 Å². The molecule has 1 saturated carbocycles. The van der Waals surface area contributed by atoms with E-state index in [0.717, 1.165) is 40.9 Å². The molecule has 3 unspecified atom stereocenters. The van der Waals surface area contributed by atoms with Gasteiger partial charge in [0.15, 0.2) is 0 Å². The zero-order valence-electron chi connectivity index (χ0n) is 25.0. The van der Waals surface area contributed by atoms with Crippen molar-refractivity contribution in [2.75, 3.05) is 11.4 Å². The first-order valence-electron chi connectivity index (χ1n) is 15.1. The molecule has 0 amide bonds. The molecule has 0 aromatic heterocycles. The third-order valence-electron chi connectivity index (χ3n) is 9.57. The second-order valence-electron chi connectivity index (χ2n) is 12.5. The smallest absolute Gasteiger partial charge is 0.335 e. The summed E-state index contributed by atoms with van der Waals surface area (Å²) in [6.07, 6.45) is 15.6. The summed E-state index contributed by atoms with van der Waals surface area (Å²) < 4.78 is 28.2. The molecule has 3 aliphatic rings. The molecule has 1 heterocycles. The molecule has 2 aliphatic carbocycles. The van der Waals surface area contributed by atoms with Crippen LogP contribution >= 0.6 is 0 Å². The number of sulfone groups is 1. The molecule has 218 valence electrons. The molecule has 5 nitrogen and oxygen atoms in total. The summed E-state index contributed by atoms with van der Waals surface area (Å²) in [5.74, 6) is 0.475. The lowest BCUT2D eigenvalue weighted by Crippen LogP contribution is -2.36. The second-order valence-corrected chi connectivity index (χ2v) is 14.3. The lowest BCUT2D eigenvalue weighted by Gasteiger charge is -2.39. The summed E-state index contributed by atoms with van der Waals surface area (Å²) in [5.41, 5.74) is 6.03. The van der Waals surface area contributed by atoms with Crippen molar-refractivity contribution in [1.82, 2.24) is 0 Å². The van der Waals surface area contributed by atoms with Gasteiger partial charge in [-0.1, -0.05) is 70.2 Å². The SMILES string of the molecule is Cc1cc2c(cc1-c1c(C)ccc(C(=O)O)c1C)S(=O)(=O)/C=C/C(C)C(C1CCCCC1)CN2C1=CCC(C)C=C1. The fourth-order valence-electron chi connectivity index (χ4n) is 7.09. The molecule has 0 radical (unpaired) electrons. The van der Waals surface area contributed by atoms with E-state index in [2.05, 4.69) is 37.0 Å². The van der Waals surface area contributed by atoms with Crippen LogP contribution in [0.4, 0.5) is 5.69 Å². The lowest BCUT2D eigenvalue weighted by atomic mass is 9.74. The van der Waals surface area contributed by atoms with Crippen molar-refractivity contribution < 1.29 is 18.3 Å². The van der Waals surface area contributed by atoms with Gasteiger partial charge in [-0.3, -0.25) is 0 Å². The van der Waals surface area contributed by atoms with Crippen molar-refractivity contribution in [3.8, 4) is 11.1 Å². The predicted molar refractivity (Wildman–Crippen MR) is 167 cm³/mol. The van der Waals surface area contributed by atoms with Crippen molar-refractivity contribution in [1.29, 1.82) is 0 Å². The average Bonchev–Trinajstić information content (AvgIpc) is 2.97. The minimum absolute atomic E-state index is 0.120. The van der Waals surface area contributed by atoms with Crippen LogP contribution in [0.15, 0.2) is 64.6 Å². The van der Waals surface area contributed by atoms with Gasteiger partial charge in [-0.2, -0.15) is 0 Å². The summed E-state index contributed by atoms with van der Waals surface area (Å²) in [5, 5.41) is 11.2. The van der Waals surface area contributed by atoms with Crippen LogP contribution in [0.3, 0.4) is 0 Å². The number of hydrogen-bond donors (Lipinski definition) is 1. The van der Waals surface area contributed by atoms with Crippen LogP contribution < -0.4 is 4.90 Å². The van der Waals surface area contributed by atoms with Gasteiger partial charge in [0.1, 0.15) is 0 Å². The fourth-order valence-corrected chi connectivity index (χ4v) is 8.44. The number of carboxylic acid groups (broad SMARTS) is 1. The zero-order chi connectivity index (χ0) is 29.5. The maximum atomic E-state index is 14.1. The van der Waals surface area contributed by atoms with E-state index in [1.54, 1.807) is 12.1 Å². The highest BCUT2D eigenvalue weighted by atomic mass is 32.2. The van der Waals surface area contributed by atoms with Gasteiger partial charge >= 0.3 is 5.97 Å². The third-order valence-corrected chi connectivity index (χ3v) is 11.0. The molecule has 3 atom stereocenters. The van der Waals surface area contributed by atoms with E-state index in [1.807, 2.05) is 39.0 Å². The fraction of sp³-hybridized carbons (Fsp3) is 0.457. The number of aromatic carboxylic acids is 1. The summed E-state index contributed by atoms with van der Waals surface area (Å²) in [7, 11) is -3.78. The molecule has 0 saturated heterocycles. The Balaban J connectivity index is 1.74. The maximum absolute atomic E-state index is 14.1. The molecule has 41 heavy (non-hydrogen) atoms. The first-order chi connectivity index (χ1) is 19.5. The van der Waals surface area contributed by atoms with E-state index >= 15 is 0 Å². The average molecular weight is 574 g/mol. The van der Waals surface area contributed by atoms with Gasteiger partial charge in [-0.25, -0.2) is 13.2 Å². The van der Waals surface area contributed by atoms with Gasteiger partial charge in [-0.15, -0.1) is 0 Å². The minimum atomic E-state index is -3.78. The van der Waals surface area contributed by atoms with Gasteiger partial charge in [0, 0.05) is 17.6 Å². The van der Waals surface area contributed by atoms with Crippen molar-refractivity contribution in [2.24, 2.45) is 23.7 Å². The van der Waals surface area contributed by atoms with Crippen molar-refractivity contribution in [3.05, 3.63) is 81.9 Å². The molecule has 0 spiro atoms. The van der Waals surface area contributed by atoms with Gasteiger partial charge < -0.3 is 10.0 Å². The highest BCUT2D eigenvalue weighted by molar-refractivity contribution is 7.94. The largest absolute Gasteiger partial charge is 0.478 e. The predicted octanol–water partition coefficient (Wildman–Crippen LogP) is 8.40. The highest BCUT2D eigenvalue weighted by Gasteiger charge is 2.34. The third kappa shape index (κ3) is 5.81. The first kappa shape index (κ1) is 29.4. The number of aryl methyl sites for hydroxylation is 2. The Morgan fingerprint density at radius 3 is 2.37 bits per heavy atom. The number of nitrogens with zero attached hydrogens (tertiary/aromatic N) is 1. The Morgan fingerprint density at radius 1 is 0.976 bits per heavy atom. The van der Waals surface area contributed by atoms with E-state index in [-0.39, 0.29) is 16.4 Å². The summed E-state index contributed by atoms with van der Waals surface area (Å²) in [4.78, 5) is 14.5. The van der Waals surface area contributed by atoms with Crippen molar-refractivity contribution >= 4 is 21.5 Å². The van der Waals surface area contributed by atoms with Crippen molar-refractivity contribution in [2.45, 2.75) is 78.0 Å². The van der Waals surface area contributed by atoms with E-state index < -0.39 is 15.8 Å². The molecule has 6 heteroatoms. The number of fused-ring (bicyclic) bond motifs is 1. The Bertz CT molecular complexity index is 1540. The number of rotatable bonds is 4. The minimum Gasteiger partial charge on any atom is -0.478 e. The number of anilines is 1. The van der Waals surface area contributed by atoms with Crippen LogP contribution in [-0.2, 0) is 9.84 Å². The van der Waals surface area contributed by atoms with Gasteiger partial charge in [0.25, 0.3) is 0 Å². The van der Waals surface area contributed by atoms with Crippen LogP contribution in [0.25, 0.3) is 11.1 Å². The van der Waals surface area contributed by atoms with Crippen LogP contribution in [0.2, 0.25) is 0 Å². The van der Waals surface area contributed by atoms with Gasteiger partial charge in [0.2, 0.25) is 9.84 Å². The first-order valence-corrected chi connectivity index (χ1v) is 16.6. The van der Waals surface area contributed by atoms with E-state index in [4.69, 9.17) is 0 Å². The maximum Gasteiger partial charge on any atom is 0.335 e. The van der Waals surface area contributed by atoms with Crippen LogP contribution in [0.1, 0.15) is 79.4 Å². The van der Waals surface area contributed by atoms with E-state index in [9.17, 15) is 18.3 Å². The second kappa shape index (κ2) is 11.6. The summed E-state index contributed by atoms with van der Waals surface area (Å²) >= 11 is 0. The van der Waals surface area contributed by atoms with E-state index in [1.165, 1.54) is 37.5 Å².